The summed E-state index contributed by atoms with van der Waals surface area (Å²) in [7, 11) is 2.60. The molecule has 0 spiro atoms. The maximum Gasteiger partial charge on any atom is 0.253 e. The Balaban J connectivity index is 1.93. The van der Waals surface area contributed by atoms with Gasteiger partial charge >= 0.3 is 0 Å². The molecular weight excluding hydrogens is 454 g/mol. The Morgan fingerprint density at radius 3 is 2.26 bits per heavy atom. The highest BCUT2D eigenvalue weighted by Crippen LogP contribution is 2.33. The quantitative estimate of drug-likeness (QED) is 0.354. The van der Waals surface area contributed by atoms with E-state index in [0.29, 0.717) is 21.5 Å². The van der Waals surface area contributed by atoms with E-state index in [2.05, 4.69) is 10.2 Å². The molecule has 35 heavy (non-hydrogen) atoms. The first-order valence-corrected chi connectivity index (χ1v) is 13.3. The topological polar surface area (TPSA) is 62.3 Å². The van der Waals surface area contributed by atoms with E-state index in [9.17, 15) is 9.00 Å². The third-order valence-electron chi connectivity index (χ3n) is 5.98. The summed E-state index contributed by atoms with van der Waals surface area (Å²) in [6.07, 6.45) is 2.35. The molecule has 0 aliphatic heterocycles. The Hall–Kier alpha value is -3.35. The zero-order valence-electron chi connectivity index (χ0n) is 20.6. The number of aromatic nitrogens is 1. The fraction of sp³-hybridized carbons (Fsp3) is 0.241. The van der Waals surface area contributed by atoms with E-state index < -0.39 is 10.8 Å². The first-order valence-electron chi connectivity index (χ1n) is 11.7. The van der Waals surface area contributed by atoms with E-state index >= 15 is 0 Å². The monoisotopic (exact) mass is 485 g/mol. The smallest absolute Gasteiger partial charge is 0.253 e. The Bertz CT molecular complexity index is 1350. The van der Waals surface area contributed by atoms with Gasteiger partial charge in [-0.3, -0.25) is 9.00 Å². The Morgan fingerprint density at radius 2 is 1.66 bits per heavy atom. The molecule has 4 aromatic rings. The first kappa shape index (κ1) is 24.8. The van der Waals surface area contributed by atoms with Crippen LogP contribution in [0.15, 0.2) is 83.8 Å². The van der Waals surface area contributed by atoms with E-state index in [-0.39, 0.29) is 11.9 Å². The fourth-order valence-corrected chi connectivity index (χ4v) is 5.32. The number of benzene rings is 3. The van der Waals surface area contributed by atoms with Crippen LogP contribution in [0.4, 0.5) is 0 Å². The summed E-state index contributed by atoms with van der Waals surface area (Å²) in [5.41, 5.74) is 4.70. The van der Waals surface area contributed by atoms with Gasteiger partial charge < -0.3 is 10.2 Å². The van der Waals surface area contributed by atoms with Gasteiger partial charge in [0.05, 0.1) is 38.5 Å². The third-order valence-corrected chi connectivity index (χ3v) is 6.95. The Morgan fingerprint density at radius 1 is 1.00 bits per heavy atom. The largest absolute Gasteiger partial charge is 0.345 e. The SMILES string of the molecule is CC[C@H](NC(=O)c1c(S(C)=O)c(-c2ccccc2)nc2cc(CN(C)C)ccc12)c1ccccc1. The summed E-state index contributed by atoms with van der Waals surface area (Å²) in [5.74, 6) is -0.240. The highest BCUT2D eigenvalue weighted by Gasteiger charge is 2.26. The number of rotatable bonds is 8. The molecule has 0 radical (unpaired) electrons. The number of carbonyl (C=O) groups is 1. The average molecular weight is 486 g/mol. The third kappa shape index (κ3) is 5.50. The summed E-state index contributed by atoms with van der Waals surface area (Å²) in [6.45, 7) is 2.80. The molecule has 5 nitrogen and oxygen atoms in total. The van der Waals surface area contributed by atoms with Gasteiger partial charge in [-0.2, -0.15) is 0 Å². The zero-order valence-corrected chi connectivity index (χ0v) is 21.4. The molecule has 3 aromatic carbocycles. The van der Waals surface area contributed by atoms with Crippen LogP contribution in [0.2, 0.25) is 0 Å². The van der Waals surface area contributed by atoms with Gasteiger partial charge in [0, 0.05) is 23.8 Å². The van der Waals surface area contributed by atoms with Gasteiger partial charge in [0.1, 0.15) is 0 Å². The Labute approximate surface area is 209 Å². The van der Waals surface area contributed by atoms with Crippen molar-refractivity contribution in [2.45, 2.75) is 30.8 Å². The van der Waals surface area contributed by atoms with E-state index in [1.807, 2.05) is 99.9 Å². The van der Waals surface area contributed by atoms with Gasteiger partial charge in [-0.05, 0) is 37.7 Å². The highest BCUT2D eigenvalue weighted by molar-refractivity contribution is 7.84. The van der Waals surface area contributed by atoms with Gasteiger partial charge in [0.15, 0.2) is 0 Å². The first-order chi connectivity index (χ1) is 16.9. The molecule has 0 saturated carbocycles. The number of hydrogen-bond acceptors (Lipinski definition) is 4. The number of pyridine rings is 1. The number of nitrogens with one attached hydrogen (secondary N) is 1. The molecule has 180 valence electrons. The van der Waals surface area contributed by atoms with Crippen LogP contribution in [-0.4, -0.2) is 40.4 Å². The molecule has 1 unspecified atom stereocenters. The number of nitrogens with zero attached hydrogens (tertiary/aromatic N) is 2. The molecule has 1 heterocycles. The minimum Gasteiger partial charge on any atom is -0.345 e. The molecule has 6 heteroatoms. The van der Waals surface area contributed by atoms with Crippen molar-refractivity contribution in [1.82, 2.24) is 15.2 Å². The fourth-order valence-electron chi connectivity index (χ4n) is 4.39. The number of fused-ring (bicyclic) bond motifs is 1. The van der Waals surface area contributed by atoms with Crippen molar-refractivity contribution in [3.8, 4) is 11.3 Å². The summed E-state index contributed by atoms with van der Waals surface area (Å²) in [4.78, 5) is 21.4. The van der Waals surface area contributed by atoms with E-state index in [1.165, 1.54) is 0 Å². The summed E-state index contributed by atoms with van der Waals surface area (Å²) >= 11 is 0. The van der Waals surface area contributed by atoms with Crippen molar-refractivity contribution >= 4 is 27.6 Å². The molecule has 0 bridgehead atoms. The molecule has 0 fully saturated rings. The molecule has 1 N–H and O–H groups in total. The number of carbonyl (C=O) groups excluding carboxylic acids is 1. The van der Waals surface area contributed by atoms with Crippen molar-refractivity contribution in [3.63, 3.8) is 0 Å². The second-order valence-electron chi connectivity index (χ2n) is 8.92. The lowest BCUT2D eigenvalue weighted by atomic mass is 10.00. The van der Waals surface area contributed by atoms with Crippen molar-refractivity contribution in [2.75, 3.05) is 20.4 Å². The van der Waals surface area contributed by atoms with E-state index in [4.69, 9.17) is 4.98 Å². The molecule has 2 atom stereocenters. The Kier molecular flexibility index (Phi) is 7.73. The van der Waals surface area contributed by atoms with Gasteiger partial charge in [0.2, 0.25) is 0 Å². The minimum atomic E-state index is -1.44. The van der Waals surface area contributed by atoms with Crippen LogP contribution in [0.1, 0.15) is 40.9 Å². The van der Waals surface area contributed by atoms with Crippen molar-refractivity contribution in [2.24, 2.45) is 0 Å². The van der Waals surface area contributed by atoms with Crippen LogP contribution in [0.5, 0.6) is 0 Å². The molecular formula is C29H31N3O2S. The lowest BCUT2D eigenvalue weighted by molar-refractivity contribution is 0.0934. The molecule has 0 aliphatic rings. The minimum absolute atomic E-state index is 0.154. The maximum absolute atomic E-state index is 13.9. The predicted octanol–water partition coefficient (Wildman–Crippen LogP) is 5.58. The number of amides is 1. The molecule has 1 amide bonds. The van der Waals surface area contributed by atoms with Gasteiger partial charge in [-0.25, -0.2) is 4.98 Å². The van der Waals surface area contributed by atoms with Gasteiger partial charge in [-0.15, -0.1) is 0 Å². The molecule has 0 aliphatic carbocycles. The molecule has 1 aromatic heterocycles. The summed E-state index contributed by atoms with van der Waals surface area (Å²) < 4.78 is 13.1. The van der Waals surface area contributed by atoms with Crippen LogP contribution in [0, 0.1) is 0 Å². The predicted molar refractivity (Wildman–Crippen MR) is 144 cm³/mol. The van der Waals surface area contributed by atoms with Crippen molar-refractivity contribution in [3.05, 3.63) is 95.6 Å². The second kappa shape index (κ2) is 10.9. The molecule has 0 saturated heterocycles. The lowest BCUT2D eigenvalue weighted by Gasteiger charge is -2.21. The van der Waals surface area contributed by atoms with Crippen LogP contribution >= 0.6 is 0 Å². The number of hydrogen-bond donors (Lipinski definition) is 1. The summed E-state index contributed by atoms with van der Waals surface area (Å²) in [5, 5.41) is 3.91. The average Bonchev–Trinajstić information content (AvgIpc) is 2.86. The van der Waals surface area contributed by atoms with E-state index in [1.54, 1.807) is 6.26 Å². The summed E-state index contributed by atoms with van der Waals surface area (Å²) in [6, 6.07) is 25.4. The van der Waals surface area contributed by atoms with Crippen molar-refractivity contribution in [1.29, 1.82) is 0 Å². The van der Waals surface area contributed by atoms with Crippen LogP contribution < -0.4 is 5.32 Å². The highest BCUT2D eigenvalue weighted by atomic mass is 32.2. The molecule has 4 rings (SSSR count). The van der Waals surface area contributed by atoms with Gasteiger partial charge in [0.25, 0.3) is 5.91 Å². The normalized spacial score (nSPS) is 13.1. The lowest BCUT2D eigenvalue weighted by Crippen LogP contribution is -2.29. The van der Waals surface area contributed by atoms with Crippen molar-refractivity contribution < 1.29 is 9.00 Å². The van der Waals surface area contributed by atoms with E-state index in [0.717, 1.165) is 35.2 Å². The maximum atomic E-state index is 13.9. The van der Waals surface area contributed by atoms with Crippen LogP contribution in [0.3, 0.4) is 0 Å². The zero-order chi connectivity index (χ0) is 24.9. The van der Waals surface area contributed by atoms with Crippen LogP contribution in [-0.2, 0) is 17.3 Å². The van der Waals surface area contributed by atoms with Gasteiger partial charge in [-0.1, -0.05) is 79.7 Å². The second-order valence-corrected chi connectivity index (χ2v) is 10.2. The van der Waals surface area contributed by atoms with Crippen LogP contribution in [0.25, 0.3) is 22.2 Å². The standard InChI is InChI=1S/C29H31N3O2S/c1-5-24(21-12-8-6-9-13-21)31-29(33)26-23-17-16-20(19-32(2)3)18-25(23)30-27(28(26)35(4)34)22-14-10-7-11-15-22/h6-18,24H,5,19H2,1-4H3,(H,31,33)/t24-,35?/m0/s1.